The van der Waals surface area contributed by atoms with E-state index < -0.39 is 0 Å². The highest BCUT2D eigenvalue weighted by molar-refractivity contribution is 6.11. The Morgan fingerprint density at radius 2 is 1.41 bits per heavy atom. The number of fused-ring (bicyclic) bond motifs is 7. The van der Waals surface area contributed by atoms with Crippen molar-refractivity contribution in [1.29, 1.82) is 0 Å². The fraction of sp³-hybridized carbons (Fsp3) is 0.163. The van der Waals surface area contributed by atoms with E-state index in [1.54, 1.807) is 12.2 Å². The minimum Gasteiger partial charge on any atom is -0.455 e. The van der Waals surface area contributed by atoms with Crippen molar-refractivity contribution < 1.29 is 4.42 Å². The summed E-state index contributed by atoms with van der Waals surface area (Å²) in [6, 6.07) is 38.8. The van der Waals surface area contributed by atoms with Crippen LogP contribution in [0.15, 0.2) is 151 Å². The van der Waals surface area contributed by atoms with Gasteiger partial charge in [-0.2, -0.15) is 0 Å². The fourth-order valence-electron chi connectivity index (χ4n) is 5.95. The summed E-state index contributed by atoms with van der Waals surface area (Å²) in [7, 11) is 0. The van der Waals surface area contributed by atoms with Crippen molar-refractivity contribution in [2.45, 2.75) is 46.5 Å². The SMILES string of the molecule is C=C/C=C(/C)C=C.CCc1ccc(-c2ccccc2)cc1.Cc1ccc2c(c1)-c1c(ccc3c1oc1ccccc13)C2(C)C. The van der Waals surface area contributed by atoms with Gasteiger partial charge < -0.3 is 4.42 Å². The lowest BCUT2D eigenvalue weighted by atomic mass is 9.82. The largest absolute Gasteiger partial charge is 0.455 e. The van der Waals surface area contributed by atoms with E-state index in [0.29, 0.717) is 0 Å². The number of rotatable bonds is 4. The third-order valence-corrected chi connectivity index (χ3v) is 8.51. The molecule has 0 saturated carbocycles. The molecule has 1 aliphatic rings. The Bertz CT molecular complexity index is 1950. The molecule has 0 saturated heterocycles. The minimum atomic E-state index is 0.0194. The van der Waals surface area contributed by atoms with Crippen molar-refractivity contribution in [3.05, 3.63) is 168 Å². The highest BCUT2D eigenvalue weighted by Gasteiger charge is 2.37. The number of para-hydroxylation sites is 1. The van der Waals surface area contributed by atoms with E-state index in [1.165, 1.54) is 55.3 Å². The Labute approximate surface area is 262 Å². The van der Waals surface area contributed by atoms with Gasteiger partial charge in [0, 0.05) is 21.8 Å². The Morgan fingerprint density at radius 3 is 2.07 bits per heavy atom. The highest BCUT2D eigenvalue weighted by atomic mass is 16.3. The smallest absolute Gasteiger partial charge is 0.143 e. The van der Waals surface area contributed by atoms with E-state index in [-0.39, 0.29) is 5.41 Å². The topological polar surface area (TPSA) is 13.1 Å². The molecule has 0 bridgehead atoms. The quantitative estimate of drug-likeness (QED) is 0.191. The molecule has 0 amide bonds. The molecule has 0 unspecified atom stereocenters. The molecule has 0 N–H and O–H groups in total. The molecular weight excluding hydrogens is 532 g/mol. The average Bonchev–Trinajstić information content (AvgIpc) is 3.54. The van der Waals surface area contributed by atoms with Crippen LogP contribution in [0, 0.1) is 6.92 Å². The highest BCUT2D eigenvalue weighted by Crippen LogP contribution is 2.52. The number of furan rings is 1. The number of hydrogen-bond acceptors (Lipinski definition) is 1. The van der Waals surface area contributed by atoms with Crippen molar-refractivity contribution in [2.75, 3.05) is 0 Å². The number of hydrogen-bond donors (Lipinski definition) is 0. The molecule has 1 heteroatoms. The summed E-state index contributed by atoms with van der Waals surface area (Å²) in [6.45, 7) is 18.0. The Kier molecular flexibility index (Phi) is 9.16. The van der Waals surface area contributed by atoms with Crippen molar-refractivity contribution >= 4 is 21.9 Å². The number of aryl methyl sites for hydroxylation is 2. The third-order valence-electron chi connectivity index (χ3n) is 8.51. The molecule has 7 rings (SSSR count). The lowest BCUT2D eigenvalue weighted by Crippen LogP contribution is -2.14. The molecule has 0 radical (unpaired) electrons. The molecule has 6 aromatic rings. The van der Waals surface area contributed by atoms with E-state index in [1.807, 2.05) is 25.1 Å². The predicted octanol–water partition coefficient (Wildman–Crippen LogP) is 12.4. The zero-order chi connectivity index (χ0) is 31.3. The van der Waals surface area contributed by atoms with E-state index >= 15 is 0 Å². The van der Waals surface area contributed by atoms with E-state index in [0.717, 1.165) is 23.2 Å². The first-order valence-electron chi connectivity index (χ1n) is 15.4. The maximum atomic E-state index is 6.29. The zero-order valence-corrected chi connectivity index (χ0v) is 26.7. The second-order valence-electron chi connectivity index (χ2n) is 11.9. The maximum absolute atomic E-state index is 6.29. The van der Waals surface area contributed by atoms with Crippen molar-refractivity contribution in [3.8, 4) is 22.3 Å². The monoisotopic (exact) mass is 574 g/mol. The van der Waals surface area contributed by atoms with Crippen LogP contribution in [0.5, 0.6) is 0 Å². The molecule has 1 aromatic heterocycles. The van der Waals surface area contributed by atoms with Gasteiger partial charge in [0.15, 0.2) is 0 Å². The van der Waals surface area contributed by atoms with Crippen LogP contribution in [-0.2, 0) is 11.8 Å². The second-order valence-corrected chi connectivity index (χ2v) is 11.9. The van der Waals surface area contributed by atoms with Crippen molar-refractivity contribution in [1.82, 2.24) is 0 Å². The van der Waals surface area contributed by atoms with E-state index in [4.69, 9.17) is 4.42 Å². The van der Waals surface area contributed by atoms with Gasteiger partial charge in [-0.3, -0.25) is 0 Å². The van der Waals surface area contributed by atoms with Crippen LogP contribution in [0.2, 0.25) is 0 Å². The summed E-state index contributed by atoms with van der Waals surface area (Å²) in [5, 5.41) is 2.41. The summed E-state index contributed by atoms with van der Waals surface area (Å²) in [4.78, 5) is 0. The first-order valence-corrected chi connectivity index (χ1v) is 15.4. The van der Waals surface area contributed by atoms with Gasteiger partial charge in [0.05, 0.1) is 0 Å². The lowest BCUT2D eigenvalue weighted by molar-refractivity contribution is 0.653. The molecule has 1 nitrogen and oxygen atoms in total. The van der Waals surface area contributed by atoms with Gasteiger partial charge in [-0.1, -0.05) is 166 Å². The van der Waals surface area contributed by atoms with Crippen LogP contribution in [0.3, 0.4) is 0 Å². The number of allylic oxidation sites excluding steroid dienone is 4. The molecule has 5 aromatic carbocycles. The maximum Gasteiger partial charge on any atom is 0.143 e. The van der Waals surface area contributed by atoms with Gasteiger partial charge in [0.2, 0.25) is 0 Å². The second kappa shape index (κ2) is 13.2. The van der Waals surface area contributed by atoms with Gasteiger partial charge in [0.1, 0.15) is 11.2 Å². The van der Waals surface area contributed by atoms with Gasteiger partial charge in [0.25, 0.3) is 0 Å². The molecule has 44 heavy (non-hydrogen) atoms. The standard InChI is InChI=1S/C22H18O.C14H14.C7H10/c1-13-8-10-17-16(12-13)20-18(22(17,2)3)11-9-15-14-6-4-5-7-19(14)23-21(15)20;1-2-12-8-10-14(11-9-12)13-6-4-3-5-7-13;1-4-6-7(3)5-2/h4-12H,1-3H3;3-11H,2H2,1H3;4-6H,1-2H2,3H3/b;;7-6-. The van der Waals surface area contributed by atoms with E-state index in [9.17, 15) is 0 Å². The van der Waals surface area contributed by atoms with Crippen LogP contribution in [0.4, 0.5) is 0 Å². The fourth-order valence-corrected chi connectivity index (χ4v) is 5.95. The lowest BCUT2D eigenvalue weighted by Gasteiger charge is -2.21. The zero-order valence-electron chi connectivity index (χ0n) is 26.7. The Morgan fingerprint density at radius 1 is 0.750 bits per heavy atom. The summed E-state index contributed by atoms with van der Waals surface area (Å²) in [6.07, 6.45) is 6.56. The first-order chi connectivity index (χ1) is 21.3. The van der Waals surface area contributed by atoms with Gasteiger partial charge in [-0.05, 0) is 59.7 Å². The first kappa shape index (κ1) is 30.6. The predicted molar refractivity (Wildman–Crippen MR) is 191 cm³/mol. The normalized spacial score (nSPS) is 12.8. The molecule has 1 heterocycles. The van der Waals surface area contributed by atoms with Crippen molar-refractivity contribution in [3.63, 3.8) is 0 Å². The summed E-state index contributed by atoms with van der Waals surface area (Å²) < 4.78 is 6.29. The summed E-state index contributed by atoms with van der Waals surface area (Å²) >= 11 is 0. The molecule has 0 spiro atoms. The van der Waals surface area contributed by atoms with Crippen LogP contribution in [0.25, 0.3) is 44.2 Å². The van der Waals surface area contributed by atoms with E-state index in [2.05, 4.69) is 138 Å². The van der Waals surface area contributed by atoms with Crippen LogP contribution in [-0.4, -0.2) is 0 Å². The Balaban J connectivity index is 0.000000156. The average molecular weight is 575 g/mol. The Hall–Kier alpha value is -4.88. The summed E-state index contributed by atoms with van der Waals surface area (Å²) in [5.41, 5.74) is 13.8. The van der Waals surface area contributed by atoms with Crippen LogP contribution in [0.1, 0.15) is 49.9 Å². The van der Waals surface area contributed by atoms with Gasteiger partial charge >= 0.3 is 0 Å². The number of benzene rings is 5. The van der Waals surface area contributed by atoms with Gasteiger partial charge in [-0.15, -0.1) is 0 Å². The third kappa shape index (κ3) is 6.10. The molecular formula is C43H42O. The van der Waals surface area contributed by atoms with Gasteiger partial charge in [-0.25, -0.2) is 0 Å². The molecule has 0 atom stereocenters. The molecule has 220 valence electrons. The van der Waals surface area contributed by atoms with Crippen LogP contribution < -0.4 is 0 Å². The molecule has 1 aliphatic carbocycles. The van der Waals surface area contributed by atoms with Crippen molar-refractivity contribution in [2.24, 2.45) is 0 Å². The summed E-state index contributed by atoms with van der Waals surface area (Å²) in [5.74, 6) is 0. The molecule has 0 aliphatic heterocycles. The van der Waals surface area contributed by atoms with Crippen LogP contribution >= 0.6 is 0 Å². The minimum absolute atomic E-state index is 0.0194. The molecule has 0 fully saturated rings.